The van der Waals surface area contributed by atoms with E-state index < -0.39 is 0 Å². The summed E-state index contributed by atoms with van der Waals surface area (Å²) >= 11 is 15.0. The lowest BCUT2D eigenvalue weighted by molar-refractivity contribution is 0.748. The molecule has 0 saturated heterocycles. The van der Waals surface area contributed by atoms with Crippen LogP contribution in [0.1, 0.15) is 15.8 Å². The molecule has 0 radical (unpaired) electrons. The van der Waals surface area contributed by atoms with Gasteiger partial charge in [-0.3, -0.25) is 4.68 Å². The highest BCUT2D eigenvalue weighted by molar-refractivity contribution is 9.10. The fourth-order valence-corrected chi connectivity index (χ4v) is 3.95. The molecule has 2 aromatic heterocycles. The van der Waals surface area contributed by atoms with Crippen LogP contribution in [0.15, 0.2) is 26.7 Å². The molecule has 0 amide bonds. The van der Waals surface area contributed by atoms with Crippen molar-refractivity contribution in [2.45, 2.75) is 5.38 Å². The molecule has 0 aliphatic rings. The Labute approximate surface area is 114 Å². The summed E-state index contributed by atoms with van der Waals surface area (Å²) in [6, 6.07) is 2.00. The van der Waals surface area contributed by atoms with Gasteiger partial charge in [-0.2, -0.15) is 5.10 Å². The first-order chi connectivity index (χ1) is 7.11. The summed E-state index contributed by atoms with van der Waals surface area (Å²) in [6.07, 6.45) is 1.79. The van der Waals surface area contributed by atoms with Gasteiger partial charge in [-0.05, 0) is 43.3 Å². The summed E-state index contributed by atoms with van der Waals surface area (Å²) < 4.78 is 3.72. The summed E-state index contributed by atoms with van der Waals surface area (Å²) in [4.78, 5) is 1.10. The molecule has 2 rings (SSSR count). The average molecular weight is 370 g/mol. The third kappa shape index (κ3) is 2.16. The van der Waals surface area contributed by atoms with Crippen molar-refractivity contribution in [3.63, 3.8) is 0 Å². The summed E-state index contributed by atoms with van der Waals surface area (Å²) in [5.41, 5.74) is 0.988. The highest BCUT2D eigenvalue weighted by Gasteiger charge is 2.20. The molecular weight excluding hydrogens is 363 g/mol. The Kier molecular flexibility index (Phi) is 3.55. The smallest absolute Gasteiger partial charge is 0.108 e. The van der Waals surface area contributed by atoms with Crippen LogP contribution in [0.3, 0.4) is 0 Å². The first-order valence-electron chi connectivity index (χ1n) is 4.15. The van der Waals surface area contributed by atoms with Gasteiger partial charge in [0.2, 0.25) is 0 Å². The quantitative estimate of drug-likeness (QED) is 0.719. The maximum absolute atomic E-state index is 6.39. The van der Waals surface area contributed by atoms with E-state index in [1.54, 1.807) is 22.2 Å². The largest absolute Gasteiger partial charge is 0.261 e. The van der Waals surface area contributed by atoms with Gasteiger partial charge in [0, 0.05) is 22.0 Å². The van der Waals surface area contributed by atoms with E-state index in [2.05, 4.69) is 37.0 Å². The van der Waals surface area contributed by atoms with E-state index in [0.29, 0.717) is 0 Å². The number of thiophene rings is 1. The van der Waals surface area contributed by atoms with Gasteiger partial charge < -0.3 is 0 Å². The summed E-state index contributed by atoms with van der Waals surface area (Å²) in [6.45, 7) is 0. The molecule has 0 aliphatic heterocycles. The van der Waals surface area contributed by atoms with Crippen LogP contribution < -0.4 is 0 Å². The molecule has 0 N–H and O–H groups in total. The van der Waals surface area contributed by atoms with Crippen molar-refractivity contribution in [1.29, 1.82) is 0 Å². The van der Waals surface area contributed by atoms with Crippen molar-refractivity contribution in [2.24, 2.45) is 7.05 Å². The molecule has 6 heteroatoms. The van der Waals surface area contributed by atoms with Crippen LogP contribution in [-0.2, 0) is 7.05 Å². The maximum Gasteiger partial charge on any atom is 0.108 e. The molecule has 0 spiro atoms. The lowest BCUT2D eigenvalue weighted by atomic mass is 10.2. The van der Waals surface area contributed by atoms with Crippen molar-refractivity contribution >= 4 is 54.8 Å². The minimum absolute atomic E-state index is 0.164. The molecule has 80 valence electrons. The molecule has 1 atom stereocenters. The van der Waals surface area contributed by atoms with Crippen LogP contribution in [0.5, 0.6) is 0 Å². The van der Waals surface area contributed by atoms with Gasteiger partial charge in [0.05, 0.1) is 11.6 Å². The normalized spacial score (nSPS) is 13.1. The second-order valence-electron chi connectivity index (χ2n) is 3.01. The number of aryl methyl sites for hydroxylation is 1. The zero-order valence-corrected chi connectivity index (χ0v) is 12.5. The molecule has 15 heavy (non-hydrogen) atoms. The van der Waals surface area contributed by atoms with E-state index in [0.717, 1.165) is 19.5 Å². The fourth-order valence-electron chi connectivity index (χ4n) is 1.24. The molecule has 2 aromatic rings. The predicted molar refractivity (Wildman–Crippen MR) is 70.6 cm³/mol. The monoisotopic (exact) mass is 368 g/mol. The van der Waals surface area contributed by atoms with E-state index in [1.165, 1.54) is 0 Å². The molecule has 2 heterocycles. The first-order valence-corrected chi connectivity index (χ1v) is 7.06. The Hall–Kier alpha value is 0.160. The van der Waals surface area contributed by atoms with Gasteiger partial charge >= 0.3 is 0 Å². The van der Waals surface area contributed by atoms with Crippen molar-refractivity contribution in [1.82, 2.24) is 9.78 Å². The van der Waals surface area contributed by atoms with Gasteiger partial charge in [0.25, 0.3) is 0 Å². The van der Waals surface area contributed by atoms with Crippen LogP contribution >= 0.6 is 54.8 Å². The third-order valence-electron chi connectivity index (χ3n) is 2.04. The Morgan fingerprint density at radius 2 is 2.27 bits per heavy atom. The number of hydrogen-bond donors (Lipinski definition) is 0. The van der Waals surface area contributed by atoms with Crippen LogP contribution in [0.25, 0.3) is 0 Å². The minimum Gasteiger partial charge on any atom is -0.261 e. The van der Waals surface area contributed by atoms with E-state index in [1.807, 2.05) is 18.5 Å². The zero-order chi connectivity index (χ0) is 11.0. The molecule has 0 saturated carbocycles. The lowest BCUT2D eigenvalue weighted by Crippen LogP contribution is -1.93. The average Bonchev–Trinajstić information content (AvgIpc) is 2.75. The highest BCUT2D eigenvalue weighted by Crippen LogP contribution is 2.39. The summed E-state index contributed by atoms with van der Waals surface area (Å²) in [5.74, 6) is 0. The number of halogens is 3. The Morgan fingerprint density at radius 1 is 1.53 bits per heavy atom. The second-order valence-corrected chi connectivity index (χ2v) is 6.00. The van der Waals surface area contributed by atoms with Crippen molar-refractivity contribution in [2.75, 3.05) is 0 Å². The number of alkyl halides is 1. The lowest BCUT2D eigenvalue weighted by Gasteiger charge is -2.06. The van der Waals surface area contributed by atoms with Gasteiger partial charge in [0.1, 0.15) is 4.60 Å². The van der Waals surface area contributed by atoms with Crippen LogP contribution in [-0.4, -0.2) is 9.78 Å². The van der Waals surface area contributed by atoms with Gasteiger partial charge in [-0.25, -0.2) is 0 Å². The summed E-state index contributed by atoms with van der Waals surface area (Å²) in [5, 5.41) is 6.00. The molecule has 0 fully saturated rings. The van der Waals surface area contributed by atoms with Gasteiger partial charge in [-0.1, -0.05) is 0 Å². The van der Waals surface area contributed by atoms with E-state index >= 15 is 0 Å². The van der Waals surface area contributed by atoms with Crippen molar-refractivity contribution in [3.05, 3.63) is 37.2 Å². The fraction of sp³-hybridized carbons (Fsp3) is 0.222. The molecular formula is C9H7Br2ClN2S. The second kappa shape index (κ2) is 4.57. The SMILES string of the molecule is Cn1ncc(C(Cl)c2sccc2Br)c1Br. The van der Waals surface area contributed by atoms with Crippen molar-refractivity contribution < 1.29 is 0 Å². The third-order valence-corrected chi connectivity index (χ3v) is 5.53. The van der Waals surface area contributed by atoms with E-state index in [9.17, 15) is 0 Å². The summed E-state index contributed by atoms with van der Waals surface area (Å²) in [7, 11) is 1.88. The van der Waals surface area contributed by atoms with Crippen molar-refractivity contribution in [3.8, 4) is 0 Å². The maximum atomic E-state index is 6.39. The van der Waals surface area contributed by atoms with Crippen LogP contribution in [0, 0.1) is 0 Å². The number of aromatic nitrogens is 2. The van der Waals surface area contributed by atoms with E-state index in [4.69, 9.17) is 11.6 Å². The Balaban J connectivity index is 2.41. The number of hydrogen-bond acceptors (Lipinski definition) is 2. The van der Waals surface area contributed by atoms with Gasteiger partial charge in [-0.15, -0.1) is 22.9 Å². The topological polar surface area (TPSA) is 17.8 Å². The molecule has 1 unspecified atom stereocenters. The Bertz CT molecular complexity index is 480. The van der Waals surface area contributed by atoms with Gasteiger partial charge in [0.15, 0.2) is 0 Å². The van der Waals surface area contributed by atoms with E-state index in [-0.39, 0.29) is 5.38 Å². The standard InChI is InChI=1S/C9H7Br2ClN2S/c1-14-9(11)5(4-13-14)7(12)8-6(10)2-3-15-8/h2-4,7H,1H3. The van der Waals surface area contributed by atoms with Crippen LogP contribution in [0.2, 0.25) is 0 Å². The zero-order valence-electron chi connectivity index (χ0n) is 7.75. The molecule has 2 nitrogen and oxygen atoms in total. The number of rotatable bonds is 2. The first kappa shape index (κ1) is 11.6. The molecule has 0 aromatic carbocycles. The number of nitrogens with zero attached hydrogens (tertiary/aromatic N) is 2. The molecule has 0 bridgehead atoms. The molecule has 0 aliphatic carbocycles. The minimum atomic E-state index is -0.164. The highest BCUT2D eigenvalue weighted by atomic mass is 79.9. The predicted octanol–water partition coefficient (Wildman–Crippen LogP) is 4.33. The van der Waals surface area contributed by atoms with Crippen LogP contribution in [0.4, 0.5) is 0 Å². The Morgan fingerprint density at radius 3 is 2.73 bits per heavy atom.